The van der Waals surface area contributed by atoms with Gasteiger partial charge in [0, 0.05) is 22.6 Å². The average molecular weight is 437 g/mol. The molecule has 0 aliphatic rings. The van der Waals surface area contributed by atoms with Gasteiger partial charge in [0.1, 0.15) is 11.8 Å². The summed E-state index contributed by atoms with van der Waals surface area (Å²) in [4.78, 5) is 27.3. The monoisotopic (exact) mass is 436 g/mol. The van der Waals surface area contributed by atoms with E-state index in [4.69, 9.17) is 27.9 Å². The van der Waals surface area contributed by atoms with E-state index in [9.17, 15) is 9.59 Å². The Morgan fingerprint density at radius 1 is 1.07 bits per heavy atom. The highest BCUT2D eigenvalue weighted by Crippen LogP contribution is 2.23. The van der Waals surface area contributed by atoms with Crippen LogP contribution < -0.4 is 10.1 Å². The number of carbonyl (C=O) groups excluding carboxylic acids is 2. The Labute approximate surface area is 181 Å². The molecule has 0 saturated carbocycles. The number of amides is 2. The fourth-order valence-corrected chi connectivity index (χ4v) is 3.32. The minimum absolute atomic E-state index is 0.0198. The van der Waals surface area contributed by atoms with Crippen molar-refractivity contribution in [1.82, 2.24) is 10.2 Å². The van der Waals surface area contributed by atoms with Crippen molar-refractivity contribution < 1.29 is 14.3 Å². The SMILES string of the molecule is COc1ccc(CN(C(=O)Cc2ccc(Cl)cc2Cl)C(C)C(=O)NC(C)C)cc1. The van der Waals surface area contributed by atoms with Crippen molar-refractivity contribution in [1.29, 1.82) is 0 Å². The predicted molar refractivity (Wildman–Crippen MR) is 116 cm³/mol. The molecule has 1 atom stereocenters. The van der Waals surface area contributed by atoms with Crippen molar-refractivity contribution in [3.05, 3.63) is 63.6 Å². The maximum atomic E-state index is 13.1. The molecule has 0 spiro atoms. The first kappa shape index (κ1) is 23.0. The molecule has 0 radical (unpaired) electrons. The summed E-state index contributed by atoms with van der Waals surface area (Å²) >= 11 is 12.2. The Bertz CT molecular complexity index is 854. The summed E-state index contributed by atoms with van der Waals surface area (Å²) in [5, 5.41) is 3.80. The number of ether oxygens (including phenoxy) is 1. The molecule has 29 heavy (non-hydrogen) atoms. The van der Waals surface area contributed by atoms with E-state index >= 15 is 0 Å². The first-order valence-electron chi connectivity index (χ1n) is 9.38. The molecule has 0 fully saturated rings. The summed E-state index contributed by atoms with van der Waals surface area (Å²) in [7, 11) is 1.60. The summed E-state index contributed by atoms with van der Waals surface area (Å²) in [6.07, 6.45) is 0.0749. The lowest BCUT2D eigenvalue weighted by atomic mass is 10.1. The second-order valence-corrected chi connectivity index (χ2v) is 7.97. The number of halogens is 2. The van der Waals surface area contributed by atoms with Crippen LogP contribution in [0.3, 0.4) is 0 Å². The number of methoxy groups -OCH3 is 1. The van der Waals surface area contributed by atoms with E-state index < -0.39 is 6.04 Å². The summed E-state index contributed by atoms with van der Waals surface area (Å²) in [5.41, 5.74) is 1.56. The van der Waals surface area contributed by atoms with Crippen LogP contribution in [-0.4, -0.2) is 35.9 Å². The largest absolute Gasteiger partial charge is 0.497 e. The van der Waals surface area contributed by atoms with Crippen molar-refractivity contribution in [3.63, 3.8) is 0 Å². The molecule has 0 aromatic heterocycles. The van der Waals surface area contributed by atoms with Crippen LogP contribution in [0.25, 0.3) is 0 Å². The number of nitrogens with one attached hydrogen (secondary N) is 1. The second kappa shape index (κ2) is 10.5. The molecule has 2 amide bonds. The first-order valence-corrected chi connectivity index (χ1v) is 10.1. The van der Waals surface area contributed by atoms with Crippen LogP contribution in [-0.2, 0) is 22.6 Å². The maximum absolute atomic E-state index is 13.1. The second-order valence-electron chi connectivity index (χ2n) is 7.12. The lowest BCUT2D eigenvalue weighted by molar-refractivity contribution is -0.140. The van der Waals surface area contributed by atoms with Crippen LogP contribution in [0.4, 0.5) is 0 Å². The van der Waals surface area contributed by atoms with E-state index in [0.29, 0.717) is 22.2 Å². The Morgan fingerprint density at radius 3 is 2.28 bits per heavy atom. The molecule has 2 aromatic rings. The van der Waals surface area contributed by atoms with Crippen LogP contribution in [0.5, 0.6) is 5.75 Å². The van der Waals surface area contributed by atoms with Crippen molar-refractivity contribution in [3.8, 4) is 5.75 Å². The molecule has 2 aromatic carbocycles. The molecular weight excluding hydrogens is 411 g/mol. The summed E-state index contributed by atoms with van der Waals surface area (Å²) in [6, 6.07) is 11.8. The highest BCUT2D eigenvalue weighted by atomic mass is 35.5. The molecular formula is C22H26Cl2N2O3. The zero-order valence-corrected chi connectivity index (χ0v) is 18.6. The van der Waals surface area contributed by atoms with E-state index in [2.05, 4.69) is 5.32 Å². The third-order valence-corrected chi connectivity index (χ3v) is 5.05. The zero-order chi connectivity index (χ0) is 21.6. The van der Waals surface area contributed by atoms with E-state index in [1.165, 1.54) is 0 Å². The molecule has 5 nitrogen and oxygen atoms in total. The quantitative estimate of drug-likeness (QED) is 0.662. The Kier molecular flexibility index (Phi) is 8.35. The van der Waals surface area contributed by atoms with Crippen LogP contribution in [0.1, 0.15) is 31.9 Å². The number of rotatable bonds is 8. The lowest BCUT2D eigenvalue weighted by Gasteiger charge is -2.29. The van der Waals surface area contributed by atoms with E-state index in [1.807, 2.05) is 38.1 Å². The van der Waals surface area contributed by atoms with Crippen LogP contribution >= 0.6 is 23.2 Å². The van der Waals surface area contributed by atoms with Gasteiger partial charge >= 0.3 is 0 Å². The van der Waals surface area contributed by atoms with Gasteiger partial charge in [0.15, 0.2) is 0 Å². The molecule has 156 valence electrons. The highest BCUT2D eigenvalue weighted by molar-refractivity contribution is 6.35. The van der Waals surface area contributed by atoms with Crippen molar-refractivity contribution >= 4 is 35.0 Å². The van der Waals surface area contributed by atoms with Crippen molar-refractivity contribution in [2.24, 2.45) is 0 Å². The van der Waals surface area contributed by atoms with Crippen molar-refractivity contribution in [2.45, 2.75) is 45.8 Å². The van der Waals surface area contributed by atoms with Crippen LogP contribution in [0, 0.1) is 0 Å². The molecule has 0 saturated heterocycles. The van der Waals surface area contributed by atoms with Gasteiger partial charge in [-0.3, -0.25) is 9.59 Å². The minimum Gasteiger partial charge on any atom is -0.497 e. The van der Waals surface area contributed by atoms with Gasteiger partial charge in [-0.05, 0) is 56.2 Å². The topological polar surface area (TPSA) is 58.6 Å². The van der Waals surface area contributed by atoms with E-state index in [-0.39, 0.29) is 24.3 Å². The van der Waals surface area contributed by atoms with Gasteiger partial charge in [-0.1, -0.05) is 41.4 Å². The van der Waals surface area contributed by atoms with E-state index in [1.54, 1.807) is 37.1 Å². The molecule has 0 heterocycles. The number of hydrogen-bond acceptors (Lipinski definition) is 3. The molecule has 1 N–H and O–H groups in total. The van der Waals surface area contributed by atoms with Gasteiger partial charge < -0.3 is 15.0 Å². The van der Waals surface area contributed by atoms with Gasteiger partial charge in [-0.25, -0.2) is 0 Å². The van der Waals surface area contributed by atoms with Gasteiger partial charge in [0.25, 0.3) is 0 Å². The van der Waals surface area contributed by atoms with E-state index in [0.717, 1.165) is 11.3 Å². The van der Waals surface area contributed by atoms with Gasteiger partial charge in [0.2, 0.25) is 11.8 Å². The third-order valence-electron chi connectivity index (χ3n) is 4.47. The normalized spacial score (nSPS) is 11.8. The number of nitrogens with zero attached hydrogens (tertiary/aromatic N) is 1. The van der Waals surface area contributed by atoms with Gasteiger partial charge in [0.05, 0.1) is 13.5 Å². The molecule has 7 heteroatoms. The average Bonchev–Trinajstić information content (AvgIpc) is 2.67. The lowest BCUT2D eigenvalue weighted by Crippen LogP contribution is -2.49. The highest BCUT2D eigenvalue weighted by Gasteiger charge is 2.27. The molecule has 0 aliphatic carbocycles. The van der Waals surface area contributed by atoms with Gasteiger partial charge in [-0.15, -0.1) is 0 Å². The van der Waals surface area contributed by atoms with Crippen LogP contribution in [0.15, 0.2) is 42.5 Å². The number of benzene rings is 2. The number of hydrogen-bond donors (Lipinski definition) is 1. The predicted octanol–water partition coefficient (Wildman–Crippen LogP) is 4.49. The standard InChI is InChI=1S/C22H26Cl2N2O3/c1-14(2)25-22(28)15(3)26(13-16-5-9-19(29-4)10-6-16)21(27)11-17-7-8-18(23)12-20(17)24/h5-10,12,14-15H,11,13H2,1-4H3,(H,25,28). The van der Waals surface area contributed by atoms with Crippen molar-refractivity contribution in [2.75, 3.05) is 7.11 Å². The Balaban J connectivity index is 2.26. The number of carbonyl (C=O) groups is 2. The molecule has 0 bridgehead atoms. The molecule has 0 aliphatic heterocycles. The minimum atomic E-state index is -0.641. The third kappa shape index (κ3) is 6.65. The Morgan fingerprint density at radius 2 is 1.72 bits per heavy atom. The Hall–Kier alpha value is -2.24. The first-order chi connectivity index (χ1) is 13.7. The van der Waals surface area contributed by atoms with Gasteiger partial charge in [-0.2, -0.15) is 0 Å². The smallest absolute Gasteiger partial charge is 0.242 e. The summed E-state index contributed by atoms with van der Waals surface area (Å²) < 4.78 is 5.18. The fraction of sp³-hybridized carbons (Fsp3) is 0.364. The summed E-state index contributed by atoms with van der Waals surface area (Å²) in [5.74, 6) is 0.325. The maximum Gasteiger partial charge on any atom is 0.242 e. The fourth-order valence-electron chi connectivity index (χ4n) is 2.84. The molecule has 1 unspecified atom stereocenters. The van der Waals surface area contributed by atoms with Crippen LogP contribution in [0.2, 0.25) is 10.0 Å². The zero-order valence-electron chi connectivity index (χ0n) is 17.0. The molecule has 2 rings (SSSR count). The summed E-state index contributed by atoms with van der Waals surface area (Å²) in [6.45, 7) is 5.78.